The van der Waals surface area contributed by atoms with Crippen LogP contribution in [0, 0.1) is 13.8 Å². The molecule has 0 aromatic heterocycles. The summed E-state index contributed by atoms with van der Waals surface area (Å²) in [7, 11) is 0. The molecule has 0 bridgehead atoms. The Morgan fingerprint density at radius 3 is 1.40 bits per heavy atom. The van der Waals surface area contributed by atoms with E-state index in [9.17, 15) is 0 Å². The van der Waals surface area contributed by atoms with Gasteiger partial charge in [0.05, 0.1) is 0 Å². The molecule has 0 saturated heterocycles. The molecule has 0 saturated carbocycles. The maximum absolute atomic E-state index is 3.25. The summed E-state index contributed by atoms with van der Waals surface area (Å²) in [6.07, 6.45) is 1.50. The lowest BCUT2D eigenvalue weighted by atomic mass is 10.8. The summed E-state index contributed by atoms with van der Waals surface area (Å²) >= 11 is 0. The highest BCUT2D eigenvalue weighted by atomic mass is 13.2. The zero-order valence-electron chi connectivity index (χ0n) is 3.70. The molecule has 0 N–H and O–H groups in total. The Bertz CT molecular complexity index is 7.51. The highest BCUT2D eigenvalue weighted by molar-refractivity contribution is 4.66. The van der Waals surface area contributed by atoms with E-state index in [0.29, 0.717) is 0 Å². The molecule has 0 aliphatic heterocycles. The van der Waals surface area contributed by atoms with Gasteiger partial charge in [0.2, 0.25) is 0 Å². The van der Waals surface area contributed by atoms with Crippen molar-refractivity contribution < 1.29 is 0 Å². The second-order valence-electron chi connectivity index (χ2n) is 0.289. The predicted octanol–water partition coefficient (Wildman–Crippen LogP) is 1.85. The van der Waals surface area contributed by atoms with E-state index in [2.05, 4.69) is 20.4 Å². The molecule has 0 rings (SSSR count). The first-order chi connectivity index (χ1) is 2.41. The summed E-state index contributed by atoms with van der Waals surface area (Å²) in [6, 6.07) is 0. The van der Waals surface area contributed by atoms with Crippen LogP contribution in [-0.4, -0.2) is 0 Å². The molecule has 0 aliphatic carbocycles. The van der Waals surface area contributed by atoms with Crippen LogP contribution in [0.3, 0.4) is 0 Å². The number of hydrogen-bond donors (Lipinski definition) is 0. The first-order valence-electron chi connectivity index (χ1n) is 1.52. The van der Waals surface area contributed by atoms with Crippen LogP contribution in [0.5, 0.6) is 0 Å². The van der Waals surface area contributed by atoms with E-state index in [4.69, 9.17) is 0 Å². The molecule has 0 heterocycles. The second-order valence-corrected chi connectivity index (χ2v) is 0.289. The van der Waals surface area contributed by atoms with E-state index in [1.54, 1.807) is 6.92 Å². The van der Waals surface area contributed by atoms with Crippen molar-refractivity contribution in [2.24, 2.45) is 0 Å². The van der Waals surface area contributed by atoms with Crippen molar-refractivity contribution >= 4 is 0 Å². The minimum atomic E-state index is 1.50. The van der Waals surface area contributed by atoms with Crippen molar-refractivity contribution in [3.05, 3.63) is 26.5 Å². The number of hydrogen-bond acceptors (Lipinski definition) is 0. The van der Waals surface area contributed by atoms with Gasteiger partial charge in [0.25, 0.3) is 0 Å². The van der Waals surface area contributed by atoms with E-state index in [0.717, 1.165) is 0 Å². The standard InChI is InChI=1S/C3H5.C2H5/c1-3-2;1-2/h3H,1-2H2;1H2,2H3. The van der Waals surface area contributed by atoms with Crippen LogP contribution >= 0.6 is 0 Å². The molecule has 0 heteroatoms. The molecule has 0 atom stereocenters. The van der Waals surface area contributed by atoms with Gasteiger partial charge in [-0.1, -0.05) is 19.9 Å². The van der Waals surface area contributed by atoms with Gasteiger partial charge in [-0.15, -0.1) is 6.58 Å². The van der Waals surface area contributed by atoms with E-state index in [-0.39, 0.29) is 0 Å². The van der Waals surface area contributed by atoms with Crippen molar-refractivity contribution in [3.8, 4) is 0 Å². The highest BCUT2D eigenvalue weighted by Crippen LogP contribution is 1.36. The summed E-state index contributed by atoms with van der Waals surface area (Å²) in [5.74, 6) is 0. The Morgan fingerprint density at radius 1 is 1.40 bits per heavy atom. The zero-order chi connectivity index (χ0) is 4.71. The van der Waals surface area contributed by atoms with Gasteiger partial charge in [0.15, 0.2) is 0 Å². The molecule has 0 fully saturated rings. The Balaban J connectivity index is 0. The lowest BCUT2D eigenvalue weighted by Gasteiger charge is -1.30. The fraction of sp³-hybridized carbons (Fsp3) is 0.200. The molecule has 0 aromatic rings. The molecule has 0 amide bonds. The maximum Gasteiger partial charge on any atom is -0.0319 e. The summed E-state index contributed by atoms with van der Waals surface area (Å²) < 4.78 is 0. The van der Waals surface area contributed by atoms with E-state index >= 15 is 0 Å². The number of allylic oxidation sites excluding steroid dienone is 1. The second kappa shape index (κ2) is 51.3. The van der Waals surface area contributed by atoms with Gasteiger partial charge in [0.1, 0.15) is 0 Å². The SMILES string of the molecule is [CH2]C.[CH2]C=C. The minimum Gasteiger partial charge on any atom is -0.103 e. The van der Waals surface area contributed by atoms with Gasteiger partial charge in [-0.3, -0.25) is 0 Å². The summed E-state index contributed by atoms with van der Waals surface area (Å²) in [5, 5.41) is 0. The largest absolute Gasteiger partial charge is 0.103 e. The molecule has 30 valence electrons. The fourth-order valence-corrected chi connectivity index (χ4v) is 0. The molecule has 5 heavy (non-hydrogen) atoms. The lowest BCUT2D eigenvalue weighted by molar-refractivity contribution is 1.81. The van der Waals surface area contributed by atoms with Crippen molar-refractivity contribution in [3.63, 3.8) is 0 Å². The highest BCUT2D eigenvalue weighted by Gasteiger charge is 1.15. The monoisotopic (exact) mass is 70.1 g/mol. The Morgan fingerprint density at radius 2 is 1.40 bits per heavy atom. The molecule has 0 aliphatic rings. The van der Waals surface area contributed by atoms with E-state index in [1.165, 1.54) is 6.08 Å². The minimum absolute atomic E-state index is 1.50. The van der Waals surface area contributed by atoms with Crippen molar-refractivity contribution in [2.45, 2.75) is 6.92 Å². The van der Waals surface area contributed by atoms with Crippen LogP contribution in [0.1, 0.15) is 6.92 Å². The third-order valence-corrected chi connectivity index (χ3v) is 0. The molecule has 0 nitrogen and oxygen atoms in total. The molecule has 0 unspecified atom stereocenters. The van der Waals surface area contributed by atoms with E-state index < -0.39 is 0 Å². The van der Waals surface area contributed by atoms with Crippen molar-refractivity contribution in [2.75, 3.05) is 0 Å². The molecular formula is C5H10. The quantitative estimate of drug-likeness (QED) is 0.408. The third kappa shape index (κ3) is 168. The predicted molar refractivity (Wildman–Crippen MR) is 26.6 cm³/mol. The van der Waals surface area contributed by atoms with Crippen LogP contribution in [0.4, 0.5) is 0 Å². The normalized spacial score (nSPS) is 3.80. The first kappa shape index (κ1) is 8.83. The van der Waals surface area contributed by atoms with Crippen molar-refractivity contribution in [1.29, 1.82) is 0 Å². The molecular weight excluding hydrogens is 60.1 g/mol. The fourth-order valence-electron chi connectivity index (χ4n) is 0. The molecule has 2 radical (unpaired) electrons. The average molecular weight is 70.1 g/mol. The van der Waals surface area contributed by atoms with Crippen LogP contribution in [-0.2, 0) is 0 Å². The average Bonchev–Trinajstić information content (AvgIpc) is 1.46. The number of rotatable bonds is 0. The van der Waals surface area contributed by atoms with Crippen molar-refractivity contribution in [1.82, 2.24) is 0 Å². The van der Waals surface area contributed by atoms with Gasteiger partial charge < -0.3 is 0 Å². The Kier molecular flexibility index (Phi) is 90.6. The molecule has 0 spiro atoms. The van der Waals surface area contributed by atoms with Gasteiger partial charge in [-0.2, -0.15) is 0 Å². The Hall–Kier alpha value is -0.260. The van der Waals surface area contributed by atoms with Crippen LogP contribution in [0.15, 0.2) is 12.7 Å². The summed E-state index contributed by atoms with van der Waals surface area (Å²) in [5.41, 5.74) is 0. The first-order valence-corrected chi connectivity index (χ1v) is 1.52. The third-order valence-electron chi connectivity index (χ3n) is 0. The topological polar surface area (TPSA) is 0 Å². The zero-order valence-corrected chi connectivity index (χ0v) is 3.70. The lowest BCUT2D eigenvalue weighted by Crippen LogP contribution is -1.09. The smallest absolute Gasteiger partial charge is 0.0319 e. The van der Waals surface area contributed by atoms with Crippen LogP contribution < -0.4 is 0 Å². The van der Waals surface area contributed by atoms with Crippen LogP contribution in [0.2, 0.25) is 0 Å². The van der Waals surface area contributed by atoms with Gasteiger partial charge in [0, 0.05) is 0 Å². The summed E-state index contributed by atoms with van der Waals surface area (Å²) in [4.78, 5) is 0. The van der Waals surface area contributed by atoms with E-state index in [1.807, 2.05) is 0 Å². The van der Waals surface area contributed by atoms with Crippen LogP contribution in [0.25, 0.3) is 0 Å². The maximum atomic E-state index is 3.25. The Labute approximate surface area is 34.5 Å². The van der Waals surface area contributed by atoms with Gasteiger partial charge in [-0.05, 0) is 6.92 Å². The summed E-state index contributed by atoms with van der Waals surface area (Å²) in [6.45, 7) is 11.5. The van der Waals surface area contributed by atoms with Gasteiger partial charge >= 0.3 is 0 Å². The van der Waals surface area contributed by atoms with Gasteiger partial charge in [-0.25, -0.2) is 0 Å². The molecule has 0 aromatic carbocycles.